The normalized spacial score (nSPS) is 11.7. The highest BCUT2D eigenvalue weighted by atomic mass is 32.1. The number of phenolic OH excluding ortho intramolecular Hbond substituents is 1. The Labute approximate surface area is 132 Å². The molecule has 0 fully saturated rings. The van der Waals surface area contributed by atoms with Crippen LogP contribution in [0, 0.1) is 6.92 Å². The second-order valence-electron chi connectivity index (χ2n) is 4.87. The third-order valence-corrected chi connectivity index (χ3v) is 3.92. The summed E-state index contributed by atoms with van der Waals surface area (Å²) in [5.74, 6) is -1.26. The average molecular weight is 319 g/mol. The van der Waals surface area contributed by atoms with Gasteiger partial charge in [-0.15, -0.1) is 11.3 Å². The van der Waals surface area contributed by atoms with E-state index in [1.54, 1.807) is 13.0 Å². The lowest BCUT2D eigenvalue weighted by atomic mass is 10.1. The van der Waals surface area contributed by atoms with Crippen molar-refractivity contribution < 1.29 is 19.4 Å². The van der Waals surface area contributed by atoms with Crippen LogP contribution in [0.15, 0.2) is 35.7 Å². The van der Waals surface area contributed by atoms with Crippen LogP contribution in [-0.4, -0.2) is 23.1 Å². The lowest BCUT2D eigenvalue weighted by Crippen LogP contribution is -2.35. The van der Waals surface area contributed by atoms with Gasteiger partial charge in [0.15, 0.2) is 6.10 Å². The fourth-order valence-electron chi connectivity index (χ4n) is 1.82. The zero-order valence-corrected chi connectivity index (χ0v) is 13.1. The van der Waals surface area contributed by atoms with Crippen molar-refractivity contribution in [2.45, 2.75) is 26.5 Å². The molecule has 0 saturated heterocycles. The van der Waals surface area contributed by atoms with Crippen LogP contribution in [0.3, 0.4) is 0 Å². The molecule has 0 unspecified atom stereocenters. The molecule has 2 aromatic rings. The van der Waals surface area contributed by atoms with Crippen LogP contribution in [-0.2, 0) is 16.1 Å². The fourth-order valence-corrected chi connectivity index (χ4v) is 2.47. The first kappa shape index (κ1) is 16.0. The van der Waals surface area contributed by atoms with Crippen molar-refractivity contribution in [1.82, 2.24) is 5.32 Å². The zero-order chi connectivity index (χ0) is 16.1. The van der Waals surface area contributed by atoms with Crippen molar-refractivity contribution in [2.75, 3.05) is 0 Å². The van der Waals surface area contributed by atoms with Crippen LogP contribution >= 0.6 is 11.3 Å². The molecule has 0 aliphatic heterocycles. The Morgan fingerprint density at radius 1 is 1.36 bits per heavy atom. The van der Waals surface area contributed by atoms with Gasteiger partial charge >= 0.3 is 5.97 Å². The van der Waals surface area contributed by atoms with E-state index < -0.39 is 12.1 Å². The molecule has 1 atom stereocenters. The highest BCUT2D eigenvalue weighted by molar-refractivity contribution is 7.09. The summed E-state index contributed by atoms with van der Waals surface area (Å²) in [4.78, 5) is 24.9. The molecule has 0 aliphatic rings. The molecule has 1 aromatic heterocycles. The molecule has 2 rings (SSSR count). The summed E-state index contributed by atoms with van der Waals surface area (Å²) in [6, 6.07) is 8.45. The quantitative estimate of drug-likeness (QED) is 0.831. The number of aryl methyl sites for hydroxylation is 1. The van der Waals surface area contributed by atoms with E-state index in [4.69, 9.17) is 4.74 Å². The molecule has 0 saturated carbocycles. The molecule has 0 bridgehead atoms. The minimum atomic E-state index is -0.937. The van der Waals surface area contributed by atoms with Gasteiger partial charge < -0.3 is 15.2 Å². The van der Waals surface area contributed by atoms with Gasteiger partial charge in [0, 0.05) is 4.88 Å². The standard InChI is InChI=1S/C16H17NO4S/c1-10-5-6-13(14(18)8-10)16(20)21-11(2)15(19)17-9-12-4-3-7-22-12/h3-8,11,18H,9H2,1-2H3,(H,17,19)/t11-/m1/s1. The molecule has 0 radical (unpaired) electrons. The first-order valence-electron chi connectivity index (χ1n) is 6.78. The third kappa shape index (κ3) is 4.08. The second-order valence-corrected chi connectivity index (χ2v) is 5.90. The van der Waals surface area contributed by atoms with Gasteiger partial charge in [-0.3, -0.25) is 4.79 Å². The molecule has 116 valence electrons. The molecule has 1 amide bonds. The molecule has 1 aromatic carbocycles. The van der Waals surface area contributed by atoms with Gasteiger partial charge in [-0.05, 0) is 43.0 Å². The number of thiophene rings is 1. The van der Waals surface area contributed by atoms with Crippen molar-refractivity contribution in [2.24, 2.45) is 0 Å². The first-order chi connectivity index (χ1) is 10.5. The molecular formula is C16H17NO4S. The van der Waals surface area contributed by atoms with Crippen LogP contribution in [0.5, 0.6) is 5.75 Å². The van der Waals surface area contributed by atoms with Crippen LogP contribution in [0.1, 0.15) is 27.7 Å². The Bertz CT molecular complexity index is 667. The van der Waals surface area contributed by atoms with Gasteiger partial charge in [0.05, 0.1) is 6.54 Å². The smallest absolute Gasteiger partial charge is 0.342 e. The van der Waals surface area contributed by atoms with Crippen molar-refractivity contribution in [3.8, 4) is 5.75 Å². The molecule has 1 heterocycles. The van der Waals surface area contributed by atoms with Crippen LogP contribution in [0.2, 0.25) is 0 Å². The van der Waals surface area contributed by atoms with E-state index in [-0.39, 0.29) is 17.2 Å². The Kier molecular flexibility index (Phi) is 5.16. The number of carbonyl (C=O) groups is 2. The SMILES string of the molecule is Cc1ccc(C(=O)O[C@H](C)C(=O)NCc2cccs2)c(O)c1. The molecular weight excluding hydrogens is 302 g/mol. The number of phenols is 1. The molecule has 2 N–H and O–H groups in total. The Balaban J connectivity index is 1.91. The molecule has 6 heteroatoms. The van der Waals surface area contributed by atoms with Gasteiger partial charge in [0.25, 0.3) is 5.91 Å². The predicted molar refractivity (Wildman–Crippen MR) is 83.9 cm³/mol. The summed E-state index contributed by atoms with van der Waals surface area (Å²) >= 11 is 1.54. The van der Waals surface area contributed by atoms with Crippen LogP contribution in [0.25, 0.3) is 0 Å². The number of rotatable bonds is 5. The van der Waals surface area contributed by atoms with Gasteiger partial charge in [-0.2, -0.15) is 0 Å². The first-order valence-corrected chi connectivity index (χ1v) is 7.66. The molecule has 22 heavy (non-hydrogen) atoms. The van der Waals surface area contributed by atoms with Crippen molar-refractivity contribution >= 4 is 23.2 Å². The average Bonchev–Trinajstić information content (AvgIpc) is 2.97. The minimum absolute atomic E-state index is 0.0449. The molecule has 0 spiro atoms. The van der Waals surface area contributed by atoms with Gasteiger partial charge in [-0.1, -0.05) is 12.1 Å². The summed E-state index contributed by atoms with van der Waals surface area (Å²) in [5, 5.41) is 14.4. The number of benzene rings is 1. The number of hydrogen-bond acceptors (Lipinski definition) is 5. The summed E-state index contributed by atoms with van der Waals surface area (Å²) < 4.78 is 5.08. The van der Waals surface area contributed by atoms with E-state index in [0.29, 0.717) is 6.54 Å². The van der Waals surface area contributed by atoms with Crippen molar-refractivity contribution in [3.05, 3.63) is 51.7 Å². The molecule has 5 nitrogen and oxygen atoms in total. The topological polar surface area (TPSA) is 75.6 Å². The predicted octanol–water partition coefficient (Wildman–Crippen LogP) is 2.62. The highest BCUT2D eigenvalue weighted by Gasteiger charge is 2.20. The summed E-state index contributed by atoms with van der Waals surface area (Å²) in [5.41, 5.74) is 0.874. The summed E-state index contributed by atoms with van der Waals surface area (Å²) in [7, 11) is 0. The lowest BCUT2D eigenvalue weighted by Gasteiger charge is -2.13. The van der Waals surface area contributed by atoms with E-state index in [1.165, 1.54) is 30.4 Å². The maximum atomic E-state index is 12.0. The van der Waals surface area contributed by atoms with E-state index in [9.17, 15) is 14.7 Å². The lowest BCUT2D eigenvalue weighted by molar-refractivity contribution is -0.129. The van der Waals surface area contributed by atoms with Crippen LogP contribution in [0.4, 0.5) is 0 Å². The minimum Gasteiger partial charge on any atom is -0.507 e. The van der Waals surface area contributed by atoms with E-state index in [1.807, 2.05) is 17.5 Å². The number of carbonyl (C=O) groups excluding carboxylic acids is 2. The Hall–Kier alpha value is -2.34. The summed E-state index contributed by atoms with van der Waals surface area (Å²) in [6.45, 7) is 3.69. The largest absolute Gasteiger partial charge is 0.507 e. The highest BCUT2D eigenvalue weighted by Crippen LogP contribution is 2.19. The summed E-state index contributed by atoms with van der Waals surface area (Å²) in [6.07, 6.45) is -0.937. The number of amides is 1. The Morgan fingerprint density at radius 2 is 2.14 bits per heavy atom. The second kappa shape index (κ2) is 7.09. The zero-order valence-electron chi connectivity index (χ0n) is 12.3. The maximum Gasteiger partial charge on any atom is 0.342 e. The fraction of sp³-hybridized carbons (Fsp3) is 0.250. The van der Waals surface area contributed by atoms with Gasteiger partial charge in [0.2, 0.25) is 0 Å². The van der Waals surface area contributed by atoms with Gasteiger partial charge in [-0.25, -0.2) is 4.79 Å². The maximum absolute atomic E-state index is 12.0. The number of esters is 1. The van der Waals surface area contributed by atoms with Gasteiger partial charge in [0.1, 0.15) is 11.3 Å². The third-order valence-electron chi connectivity index (χ3n) is 3.04. The number of hydrogen-bond donors (Lipinski definition) is 2. The van der Waals surface area contributed by atoms with E-state index in [0.717, 1.165) is 10.4 Å². The van der Waals surface area contributed by atoms with Crippen molar-refractivity contribution in [3.63, 3.8) is 0 Å². The Morgan fingerprint density at radius 3 is 2.77 bits per heavy atom. The molecule has 0 aliphatic carbocycles. The number of nitrogens with one attached hydrogen (secondary N) is 1. The van der Waals surface area contributed by atoms with Crippen molar-refractivity contribution in [1.29, 1.82) is 0 Å². The van der Waals surface area contributed by atoms with E-state index >= 15 is 0 Å². The monoisotopic (exact) mass is 319 g/mol. The number of aromatic hydroxyl groups is 1. The number of ether oxygens (including phenoxy) is 1. The van der Waals surface area contributed by atoms with E-state index in [2.05, 4.69) is 5.32 Å². The van der Waals surface area contributed by atoms with Crippen LogP contribution < -0.4 is 5.32 Å².